The number of carboxylic acids is 1. The molecule has 8 heteroatoms. The summed E-state index contributed by atoms with van der Waals surface area (Å²) in [7, 11) is -3.70. The normalized spacial score (nSPS) is 12.2. The van der Waals surface area contributed by atoms with Crippen molar-refractivity contribution >= 4 is 21.9 Å². The van der Waals surface area contributed by atoms with E-state index in [0.29, 0.717) is 0 Å². The Hall–Kier alpha value is -1.93. The van der Waals surface area contributed by atoms with Gasteiger partial charge < -0.3 is 10.4 Å². The molecule has 0 saturated carbocycles. The summed E-state index contributed by atoms with van der Waals surface area (Å²) in [4.78, 5) is 23.1. The lowest BCUT2D eigenvalue weighted by molar-refractivity contribution is -0.146. The third-order valence-electron chi connectivity index (χ3n) is 3.07. The summed E-state index contributed by atoms with van der Waals surface area (Å²) in [5.41, 5.74) is -0.962. The lowest BCUT2D eigenvalue weighted by Gasteiger charge is -2.19. The van der Waals surface area contributed by atoms with E-state index in [1.54, 1.807) is 13.8 Å². The molecule has 23 heavy (non-hydrogen) atoms. The zero-order valence-corrected chi connectivity index (χ0v) is 14.4. The zero-order chi connectivity index (χ0) is 17.8. The Morgan fingerprint density at radius 3 is 2.39 bits per heavy atom. The van der Waals surface area contributed by atoms with Gasteiger partial charge in [-0.2, -0.15) is 0 Å². The minimum absolute atomic E-state index is 0.0173. The quantitative estimate of drug-likeness (QED) is 0.689. The molecule has 0 aliphatic heterocycles. The van der Waals surface area contributed by atoms with Gasteiger partial charge in [0.1, 0.15) is 0 Å². The number of rotatable bonds is 7. The van der Waals surface area contributed by atoms with Gasteiger partial charge in [0, 0.05) is 18.2 Å². The van der Waals surface area contributed by atoms with Crippen molar-refractivity contribution in [2.75, 3.05) is 6.54 Å². The molecule has 0 spiro atoms. The fraction of sp³-hybridized carbons (Fsp3) is 0.467. The van der Waals surface area contributed by atoms with Gasteiger partial charge in [-0.15, -0.1) is 0 Å². The van der Waals surface area contributed by atoms with E-state index in [-0.39, 0.29) is 23.0 Å². The molecule has 0 radical (unpaired) electrons. The first-order valence-electron chi connectivity index (χ1n) is 7.10. The largest absolute Gasteiger partial charge is 0.481 e. The highest BCUT2D eigenvalue weighted by molar-refractivity contribution is 7.89. The Balaban J connectivity index is 2.93. The van der Waals surface area contributed by atoms with Gasteiger partial charge in [-0.25, -0.2) is 13.1 Å². The average Bonchev–Trinajstić information content (AvgIpc) is 2.43. The van der Waals surface area contributed by atoms with Crippen LogP contribution < -0.4 is 10.0 Å². The molecule has 7 nitrogen and oxygen atoms in total. The molecule has 0 saturated heterocycles. The van der Waals surface area contributed by atoms with Crippen LogP contribution in [0, 0.1) is 5.41 Å². The standard InChI is InChI=1S/C15H22N2O5S/c1-10(2)17-23(21,22)12-7-5-6-11(8-12)13(18)16-9-15(3,4)14(19)20/h5-8,10,17H,9H2,1-4H3,(H,16,18)(H,19,20). The Morgan fingerprint density at radius 2 is 1.87 bits per heavy atom. The van der Waals surface area contributed by atoms with Crippen molar-refractivity contribution in [1.29, 1.82) is 0 Å². The van der Waals surface area contributed by atoms with Gasteiger partial charge in [0.15, 0.2) is 0 Å². The van der Waals surface area contributed by atoms with E-state index in [1.807, 2.05) is 0 Å². The van der Waals surface area contributed by atoms with Crippen molar-refractivity contribution in [2.24, 2.45) is 5.41 Å². The van der Waals surface area contributed by atoms with Crippen LogP contribution in [0.2, 0.25) is 0 Å². The van der Waals surface area contributed by atoms with Crippen LogP contribution in [-0.4, -0.2) is 38.0 Å². The summed E-state index contributed by atoms with van der Waals surface area (Å²) >= 11 is 0. The van der Waals surface area contributed by atoms with Crippen molar-refractivity contribution in [3.05, 3.63) is 29.8 Å². The number of hydrogen-bond acceptors (Lipinski definition) is 4. The van der Waals surface area contributed by atoms with Crippen LogP contribution >= 0.6 is 0 Å². The van der Waals surface area contributed by atoms with Crippen LogP contribution in [0.5, 0.6) is 0 Å². The molecule has 0 atom stereocenters. The van der Waals surface area contributed by atoms with Gasteiger partial charge in [-0.05, 0) is 45.9 Å². The molecule has 1 amide bonds. The molecule has 0 bridgehead atoms. The fourth-order valence-electron chi connectivity index (χ4n) is 1.66. The highest BCUT2D eigenvalue weighted by Crippen LogP contribution is 2.15. The summed E-state index contributed by atoms with van der Waals surface area (Å²) in [6.07, 6.45) is 0. The highest BCUT2D eigenvalue weighted by atomic mass is 32.2. The predicted octanol–water partition coefficient (Wildman–Crippen LogP) is 1.21. The first-order chi connectivity index (χ1) is 10.5. The van der Waals surface area contributed by atoms with Gasteiger partial charge in [0.25, 0.3) is 5.91 Å². The molecule has 1 rings (SSSR count). The second-order valence-corrected chi connectivity index (χ2v) is 7.89. The van der Waals surface area contributed by atoms with Crippen LogP contribution in [-0.2, 0) is 14.8 Å². The lowest BCUT2D eigenvalue weighted by Crippen LogP contribution is -2.39. The molecule has 0 unspecified atom stereocenters. The van der Waals surface area contributed by atoms with Crippen molar-refractivity contribution in [3.63, 3.8) is 0 Å². The van der Waals surface area contributed by atoms with E-state index in [1.165, 1.54) is 38.1 Å². The Labute approximate surface area is 136 Å². The van der Waals surface area contributed by atoms with Crippen LogP contribution in [0.4, 0.5) is 0 Å². The second kappa shape index (κ2) is 7.10. The van der Waals surface area contributed by atoms with E-state index < -0.39 is 27.3 Å². The van der Waals surface area contributed by atoms with E-state index in [2.05, 4.69) is 10.0 Å². The second-order valence-electron chi connectivity index (χ2n) is 6.18. The molecule has 0 aliphatic rings. The third kappa shape index (κ3) is 5.33. The number of aliphatic carboxylic acids is 1. The Morgan fingerprint density at radius 1 is 1.26 bits per heavy atom. The summed E-state index contributed by atoms with van der Waals surface area (Å²) in [5.74, 6) is -1.56. The maximum atomic E-state index is 12.1. The van der Waals surface area contributed by atoms with Crippen molar-refractivity contribution < 1.29 is 23.1 Å². The van der Waals surface area contributed by atoms with Crippen LogP contribution in [0.1, 0.15) is 38.1 Å². The smallest absolute Gasteiger partial charge is 0.310 e. The van der Waals surface area contributed by atoms with E-state index >= 15 is 0 Å². The Kier molecular flexibility index (Phi) is 5.90. The van der Waals surface area contributed by atoms with Gasteiger partial charge in [0.2, 0.25) is 10.0 Å². The van der Waals surface area contributed by atoms with Gasteiger partial charge in [-0.1, -0.05) is 6.07 Å². The van der Waals surface area contributed by atoms with Gasteiger partial charge >= 0.3 is 5.97 Å². The maximum absolute atomic E-state index is 12.1. The number of sulfonamides is 1. The topological polar surface area (TPSA) is 113 Å². The minimum atomic E-state index is -3.70. The van der Waals surface area contributed by atoms with Crippen LogP contribution in [0.25, 0.3) is 0 Å². The molecule has 0 aliphatic carbocycles. The fourth-order valence-corrected chi connectivity index (χ4v) is 2.96. The number of amides is 1. The van der Waals surface area contributed by atoms with Crippen molar-refractivity contribution in [2.45, 2.75) is 38.6 Å². The number of nitrogens with one attached hydrogen (secondary N) is 2. The SMILES string of the molecule is CC(C)NS(=O)(=O)c1cccc(C(=O)NCC(C)(C)C(=O)O)c1. The Bertz CT molecular complexity index is 696. The molecule has 0 heterocycles. The third-order valence-corrected chi connectivity index (χ3v) is 4.72. The lowest BCUT2D eigenvalue weighted by atomic mass is 9.94. The van der Waals surface area contributed by atoms with Gasteiger partial charge in [0.05, 0.1) is 10.3 Å². The van der Waals surface area contributed by atoms with Crippen molar-refractivity contribution in [1.82, 2.24) is 10.0 Å². The molecule has 0 aromatic heterocycles. The average molecular weight is 342 g/mol. The van der Waals surface area contributed by atoms with E-state index in [4.69, 9.17) is 5.11 Å². The monoisotopic (exact) mass is 342 g/mol. The number of benzene rings is 1. The first-order valence-corrected chi connectivity index (χ1v) is 8.58. The number of carbonyl (C=O) groups excluding carboxylic acids is 1. The highest BCUT2D eigenvalue weighted by Gasteiger charge is 2.28. The first kappa shape index (κ1) is 19.1. The molecular weight excluding hydrogens is 320 g/mol. The number of carboxylic acid groups (broad SMARTS) is 1. The molecule has 1 aromatic rings. The molecular formula is C15H22N2O5S. The molecule has 128 valence electrons. The summed E-state index contributed by atoms with van der Waals surface area (Å²) in [5, 5.41) is 11.5. The summed E-state index contributed by atoms with van der Waals surface area (Å²) in [6.45, 7) is 6.30. The van der Waals surface area contributed by atoms with Crippen LogP contribution in [0.3, 0.4) is 0 Å². The maximum Gasteiger partial charge on any atom is 0.310 e. The molecule has 3 N–H and O–H groups in total. The van der Waals surface area contributed by atoms with E-state index in [0.717, 1.165) is 0 Å². The molecule has 0 fully saturated rings. The van der Waals surface area contributed by atoms with Gasteiger partial charge in [-0.3, -0.25) is 9.59 Å². The van der Waals surface area contributed by atoms with E-state index in [9.17, 15) is 18.0 Å². The summed E-state index contributed by atoms with van der Waals surface area (Å²) < 4.78 is 26.6. The number of hydrogen-bond donors (Lipinski definition) is 3. The zero-order valence-electron chi connectivity index (χ0n) is 13.6. The number of carbonyl (C=O) groups is 2. The molecule has 1 aromatic carbocycles. The van der Waals surface area contributed by atoms with Crippen molar-refractivity contribution in [3.8, 4) is 0 Å². The van der Waals surface area contributed by atoms with Crippen LogP contribution in [0.15, 0.2) is 29.2 Å². The predicted molar refractivity (Wildman–Crippen MR) is 85.6 cm³/mol. The summed E-state index contributed by atoms with van der Waals surface area (Å²) in [6, 6.07) is 5.31. The minimum Gasteiger partial charge on any atom is -0.481 e.